The highest BCUT2D eigenvalue weighted by Crippen LogP contribution is 2.27. The number of anilines is 1. The summed E-state index contributed by atoms with van der Waals surface area (Å²) >= 11 is 6.19. The summed E-state index contributed by atoms with van der Waals surface area (Å²) in [6, 6.07) is 18.3. The van der Waals surface area contributed by atoms with Gasteiger partial charge in [-0.3, -0.25) is 4.98 Å². The zero-order chi connectivity index (χ0) is 14.7. The fraction of sp³-hybridized carbons (Fsp3) is 0.167. The van der Waals surface area contributed by atoms with Crippen LogP contribution in [0.5, 0.6) is 0 Å². The van der Waals surface area contributed by atoms with Gasteiger partial charge >= 0.3 is 0 Å². The van der Waals surface area contributed by atoms with Crippen molar-refractivity contribution in [2.75, 3.05) is 11.9 Å². The number of aromatic nitrogens is 1. The van der Waals surface area contributed by atoms with Crippen LogP contribution in [0, 0.1) is 0 Å². The molecule has 0 spiro atoms. The highest BCUT2D eigenvalue weighted by Gasteiger charge is 2.08. The molecule has 2 aromatic carbocycles. The van der Waals surface area contributed by atoms with E-state index in [-0.39, 0.29) is 0 Å². The Morgan fingerprint density at radius 3 is 2.71 bits per heavy atom. The van der Waals surface area contributed by atoms with Crippen LogP contribution in [0.15, 0.2) is 60.8 Å². The van der Waals surface area contributed by atoms with E-state index < -0.39 is 0 Å². The molecule has 3 rings (SSSR count). The Bertz CT molecular complexity index is 741. The number of hydrogen-bond acceptors (Lipinski definition) is 2. The molecule has 1 heterocycles. The maximum absolute atomic E-state index is 6.19. The number of benzene rings is 2. The number of nitrogens with one attached hydrogen (secondary N) is 1. The van der Waals surface area contributed by atoms with Crippen molar-refractivity contribution in [3.63, 3.8) is 0 Å². The lowest BCUT2D eigenvalue weighted by Gasteiger charge is -2.15. The first-order valence-electron chi connectivity index (χ1n) is 7.07. The second kappa shape index (κ2) is 6.15. The predicted octanol–water partition coefficient (Wildman–Crippen LogP) is 5.10. The Kier molecular flexibility index (Phi) is 4.07. The molecule has 1 unspecified atom stereocenters. The average Bonchev–Trinajstić information content (AvgIpc) is 2.53. The standard InChI is InChI=1S/C18H17ClN2/c1-13(14-6-3-2-4-7-14)12-21-17-11-16(19)10-15-8-5-9-20-18(15)17/h2-11,13,21H,12H2,1H3. The average molecular weight is 297 g/mol. The molecular weight excluding hydrogens is 280 g/mol. The lowest BCUT2D eigenvalue weighted by molar-refractivity contribution is 0.805. The third-order valence-corrected chi connectivity index (χ3v) is 3.86. The van der Waals surface area contributed by atoms with Crippen molar-refractivity contribution in [1.82, 2.24) is 4.98 Å². The van der Waals surface area contributed by atoms with Crippen LogP contribution >= 0.6 is 11.6 Å². The van der Waals surface area contributed by atoms with Crippen molar-refractivity contribution in [2.45, 2.75) is 12.8 Å². The second-order valence-electron chi connectivity index (χ2n) is 5.22. The van der Waals surface area contributed by atoms with Crippen LogP contribution in [0.4, 0.5) is 5.69 Å². The van der Waals surface area contributed by atoms with E-state index in [1.165, 1.54) is 5.56 Å². The van der Waals surface area contributed by atoms with Crippen LogP contribution in [-0.4, -0.2) is 11.5 Å². The summed E-state index contributed by atoms with van der Waals surface area (Å²) in [6.07, 6.45) is 1.81. The van der Waals surface area contributed by atoms with Gasteiger partial charge in [0.2, 0.25) is 0 Å². The van der Waals surface area contributed by atoms with Crippen LogP contribution in [0.25, 0.3) is 10.9 Å². The summed E-state index contributed by atoms with van der Waals surface area (Å²) in [5.74, 6) is 0.420. The molecule has 0 amide bonds. The number of fused-ring (bicyclic) bond motifs is 1. The Morgan fingerprint density at radius 2 is 1.90 bits per heavy atom. The minimum Gasteiger partial charge on any atom is -0.383 e. The van der Waals surface area contributed by atoms with Gasteiger partial charge in [-0.05, 0) is 29.7 Å². The van der Waals surface area contributed by atoms with Gasteiger partial charge in [-0.1, -0.05) is 54.9 Å². The van der Waals surface area contributed by atoms with Gasteiger partial charge in [0.1, 0.15) is 0 Å². The largest absolute Gasteiger partial charge is 0.383 e. The van der Waals surface area contributed by atoms with Gasteiger partial charge in [0.15, 0.2) is 0 Å². The summed E-state index contributed by atoms with van der Waals surface area (Å²) in [7, 11) is 0. The molecule has 2 nitrogen and oxygen atoms in total. The predicted molar refractivity (Wildman–Crippen MR) is 90.1 cm³/mol. The molecule has 0 fully saturated rings. The normalized spacial score (nSPS) is 12.3. The molecule has 0 saturated heterocycles. The second-order valence-corrected chi connectivity index (χ2v) is 5.66. The number of halogens is 1. The van der Waals surface area contributed by atoms with Gasteiger partial charge in [-0.25, -0.2) is 0 Å². The summed E-state index contributed by atoms with van der Waals surface area (Å²) < 4.78 is 0. The van der Waals surface area contributed by atoms with Crippen molar-refractivity contribution < 1.29 is 0 Å². The molecule has 1 N–H and O–H groups in total. The minimum absolute atomic E-state index is 0.420. The van der Waals surface area contributed by atoms with Gasteiger partial charge in [0.25, 0.3) is 0 Å². The van der Waals surface area contributed by atoms with Gasteiger partial charge in [-0.2, -0.15) is 0 Å². The smallest absolute Gasteiger partial charge is 0.0934 e. The summed E-state index contributed by atoms with van der Waals surface area (Å²) in [5, 5.41) is 5.26. The quantitative estimate of drug-likeness (QED) is 0.724. The molecule has 0 aliphatic rings. The van der Waals surface area contributed by atoms with Crippen LogP contribution in [0.1, 0.15) is 18.4 Å². The van der Waals surface area contributed by atoms with Crippen molar-refractivity contribution in [1.29, 1.82) is 0 Å². The van der Waals surface area contributed by atoms with Crippen LogP contribution in [0.3, 0.4) is 0 Å². The SMILES string of the molecule is CC(CNc1cc(Cl)cc2cccnc12)c1ccccc1. The lowest BCUT2D eigenvalue weighted by atomic mass is 10.0. The maximum Gasteiger partial charge on any atom is 0.0934 e. The number of nitrogens with zero attached hydrogens (tertiary/aromatic N) is 1. The van der Waals surface area contributed by atoms with E-state index in [4.69, 9.17) is 11.6 Å². The highest BCUT2D eigenvalue weighted by molar-refractivity contribution is 6.31. The zero-order valence-corrected chi connectivity index (χ0v) is 12.6. The Balaban J connectivity index is 1.82. The van der Waals surface area contributed by atoms with E-state index in [9.17, 15) is 0 Å². The third-order valence-electron chi connectivity index (χ3n) is 3.64. The Labute approximate surface area is 129 Å². The van der Waals surface area contributed by atoms with Crippen LogP contribution in [0.2, 0.25) is 5.02 Å². The Morgan fingerprint density at radius 1 is 1.10 bits per heavy atom. The molecule has 0 aliphatic carbocycles. The molecule has 3 heteroatoms. The van der Waals surface area contributed by atoms with E-state index in [2.05, 4.69) is 41.5 Å². The van der Waals surface area contributed by atoms with E-state index in [0.29, 0.717) is 5.92 Å². The van der Waals surface area contributed by atoms with E-state index >= 15 is 0 Å². The topological polar surface area (TPSA) is 24.9 Å². The van der Waals surface area contributed by atoms with Crippen molar-refractivity contribution in [3.05, 3.63) is 71.4 Å². The fourth-order valence-corrected chi connectivity index (χ4v) is 2.68. The van der Waals surface area contributed by atoms with Crippen LogP contribution < -0.4 is 5.32 Å². The van der Waals surface area contributed by atoms with Gasteiger partial charge in [0.05, 0.1) is 11.2 Å². The van der Waals surface area contributed by atoms with E-state index in [1.54, 1.807) is 0 Å². The van der Waals surface area contributed by atoms with Gasteiger partial charge in [-0.15, -0.1) is 0 Å². The van der Waals surface area contributed by atoms with Crippen molar-refractivity contribution in [2.24, 2.45) is 0 Å². The number of rotatable bonds is 4. The molecular formula is C18H17ClN2. The monoisotopic (exact) mass is 296 g/mol. The third kappa shape index (κ3) is 3.17. The number of hydrogen-bond donors (Lipinski definition) is 1. The number of pyridine rings is 1. The first-order valence-corrected chi connectivity index (χ1v) is 7.45. The molecule has 0 bridgehead atoms. The molecule has 21 heavy (non-hydrogen) atoms. The molecule has 0 saturated carbocycles. The zero-order valence-electron chi connectivity index (χ0n) is 11.9. The summed E-state index contributed by atoms with van der Waals surface area (Å²) in [4.78, 5) is 4.45. The summed E-state index contributed by atoms with van der Waals surface area (Å²) in [5.41, 5.74) is 3.27. The van der Waals surface area contributed by atoms with Gasteiger partial charge in [0, 0.05) is 23.2 Å². The summed E-state index contributed by atoms with van der Waals surface area (Å²) in [6.45, 7) is 3.05. The maximum atomic E-state index is 6.19. The van der Waals surface area contributed by atoms with Crippen LogP contribution in [-0.2, 0) is 0 Å². The molecule has 3 aromatic rings. The minimum atomic E-state index is 0.420. The van der Waals surface area contributed by atoms with Gasteiger partial charge < -0.3 is 5.32 Å². The molecule has 1 aromatic heterocycles. The van der Waals surface area contributed by atoms with Crippen molar-refractivity contribution in [3.8, 4) is 0 Å². The molecule has 0 radical (unpaired) electrons. The molecule has 106 valence electrons. The Hall–Kier alpha value is -2.06. The van der Waals surface area contributed by atoms with Crippen molar-refractivity contribution >= 4 is 28.2 Å². The first-order chi connectivity index (χ1) is 10.2. The van der Waals surface area contributed by atoms with E-state index in [0.717, 1.165) is 28.2 Å². The van der Waals surface area contributed by atoms with E-state index in [1.807, 2.05) is 36.5 Å². The first kappa shape index (κ1) is 13.9. The molecule has 1 atom stereocenters. The highest BCUT2D eigenvalue weighted by atomic mass is 35.5. The fourth-order valence-electron chi connectivity index (χ4n) is 2.45. The lowest BCUT2D eigenvalue weighted by Crippen LogP contribution is -2.10. The molecule has 0 aliphatic heterocycles.